The molecule has 6 heteroatoms. The van der Waals surface area contributed by atoms with Crippen molar-refractivity contribution in [1.29, 1.82) is 0 Å². The molecule has 2 aliphatic carbocycles. The Morgan fingerprint density at radius 3 is 2.58 bits per heavy atom. The van der Waals surface area contributed by atoms with Crippen molar-refractivity contribution in [3.63, 3.8) is 0 Å². The van der Waals surface area contributed by atoms with E-state index < -0.39 is 0 Å². The number of amides is 1. The van der Waals surface area contributed by atoms with Gasteiger partial charge in [0.25, 0.3) is 5.91 Å². The Balaban J connectivity index is 1.55. The summed E-state index contributed by atoms with van der Waals surface area (Å²) in [5, 5.41) is 7.74. The Morgan fingerprint density at radius 1 is 1.23 bits per heavy atom. The number of nitrogens with two attached hydrogens (primary N) is 1. The van der Waals surface area contributed by atoms with E-state index in [0.717, 1.165) is 43.6 Å². The lowest BCUT2D eigenvalue weighted by Gasteiger charge is -2.45. The van der Waals surface area contributed by atoms with Gasteiger partial charge in [-0.3, -0.25) is 4.79 Å². The number of carbonyl (C=O) groups is 1. The summed E-state index contributed by atoms with van der Waals surface area (Å²) >= 11 is 0. The fraction of sp³-hybridized carbons (Fsp3) is 0.550. The molecule has 0 aliphatic heterocycles. The lowest BCUT2D eigenvalue weighted by Crippen LogP contribution is -2.53. The summed E-state index contributed by atoms with van der Waals surface area (Å²) in [5.74, 6) is 1.88. The van der Waals surface area contributed by atoms with E-state index in [1.165, 1.54) is 6.42 Å². The van der Waals surface area contributed by atoms with E-state index in [4.69, 9.17) is 5.73 Å². The van der Waals surface area contributed by atoms with Crippen LogP contribution in [-0.4, -0.2) is 32.8 Å². The van der Waals surface area contributed by atoms with Crippen LogP contribution in [0.1, 0.15) is 55.5 Å². The first-order valence-corrected chi connectivity index (χ1v) is 9.73. The Bertz CT molecular complexity index is 758. The maximum absolute atomic E-state index is 12.9. The molecule has 2 atom stereocenters. The average molecular weight is 353 g/mol. The highest BCUT2D eigenvalue weighted by Gasteiger charge is 2.40. The number of hydrogen-bond acceptors (Lipinski definition) is 4. The molecule has 0 spiro atoms. The zero-order chi connectivity index (χ0) is 18.1. The van der Waals surface area contributed by atoms with Crippen molar-refractivity contribution in [2.24, 2.45) is 17.6 Å². The van der Waals surface area contributed by atoms with E-state index in [2.05, 4.69) is 15.4 Å². The molecule has 4 rings (SSSR count). The molecule has 2 fully saturated rings. The summed E-state index contributed by atoms with van der Waals surface area (Å²) in [6.45, 7) is 2.03. The standard InChI is InChI=1S/C20H27N5O/c1-2-17-22-19(24-25(17)16-9-4-3-5-10-16)20(26)23-18-13-7-6-8-14(18)12-15(21)11-13/h3-5,9-10,13-15,18H,2,6-8,11-12,21H2,1H3,(H,23,26). The molecular weight excluding hydrogens is 326 g/mol. The molecule has 1 amide bonds. The highest BCUT2D eigenvalue weighted by atomic mass is 16.2. The first kappa shape index (κ1) is 17.2. The molecule has 2 aliphatic rings. The molecule has 6 nitrogen and oxygen atoms in total. The molecule has 2 aromatic rings. The summed E-state index contributed by atoms with van der Waals surface area (Å²) in [4.78, 5) is 17.4. The van der Waals surface area contributed by atoms with Gasteiger partial charge in [-0.15, -0.1) is 5.10 Å². The van der Waals surface area contributed by atoms with Gasteiger partial charge in [0.2, 0.25) is 5.82 Å². The Morgan fingerprint density at radius 2 is 1.92 bits per heavy atom. The van der Waals surface area contributed by atoms with E-state index in [-0.39, 0.29) is 23.8 Å². The van der Waals surface area contributed by atoms with Crippen molar-refractivity contribution in [2.45, 2.75) is 57.5 Å². The van der Waals surface area contributed by atoms with Crippen LogP contribution in [0.5, 0.6) is 0 Å². The van der Waals surface area contributed by atoms with Crippen molar-refractivity contribution in [3.8, 4) is 5.69 Å². The van der Waals surface area contributed by atoms with E-state index in [0.29, 0.717) is 11.8 Å². The van der Waals surface area contributed by atoms with Crippen molar-refractivity contribution in [2.75, 3.05) is 0 Å². The van der Waals surface area contributed by atoms with Gasteiger partial charge in [-0.1, -0.05) is 31.5 Å². The third-order valence-corrected chi connectivity index (χ3v) is 5.87. The van der Waals surface area contributed by atoms with E-state index in [1.807, 2.05) is 37.3 Å². The van der Waals surface area contributed by atoms with Crippen LogP contribution in [0.3, 0.4) is 0 Å². The van der Waals surface area contributed by atoms with Crippen LogP contribution in [0.15, 0.2) is 30.3 Å². The van der Waals surface area contributed by atoms with Crippen LogP contribution in [0, 0.1) is 11.8 Å². The lowest BCUT2D eigenvalue weighted by molar-refractivity contribution is 0.0747. The number of carbonyl (C=O) groups excluding carboxylic acids is 1. The topological polar surface area (TPSA) is 85.8 Å². The van der Waals surface area contributed by atoms with E-state index in [9.17, 15) is 4.79 Å². The zero-order valence-corrected chi connectivity index (χ0v) is 15.3. The molecule has 1 aromatic carbocycles. The second kappa shape index (κ2) is 7.19. The van der Waals surface area contributed by atoms with E-state index >= 15 is 0 Å². The molecule has 1 heterocycles. The summed E-state index contributed by atoms with van der Waals surface area (Å²) in [5.41, 5.74) is 7.12. The maximum Gasteiger partial charge on any atom is 0.291 e. The normalized spacial score (nSPS) is 27.9. The monoisotopic (exact) mass is 353 g/mol. The third kappa shape index (κ3) is 3.26. The average Bonchev–Trinajstić information content (AvgIpc) is 3.08. The first-order valence-electron chi connectivity index (χ1n) is 9.73. The molecule has 0 saturated heterocycles. The predicted octanol–water partition coefficient (Wildman–Crippen LogP) is 2.47. The number of nitrogens with zero attached hydrogens (tertiary/aromatic N) is 3. The fourth-order valence-corrected chi connectivity index (χ4v) is 4.69. The van der Waals surface area contributed by atoms with Gasteiger partial charge in [0.1, 0.15) is 5.82 Å². The molecule has 0 radical (unpaired) electrons. The van der Waals surface area contributed by atoms with Crippen molar-refractivity contribution in [1.82, 2.24) is 20.1 Å². The number of para-hydroxylation sites is 1. The summed E-state index contributed by atoms with van der Waals surface area (Å²) in [6.07, 6.45) is 6.29. The molecule has 26 heavy (non-hydrogen) atoms. The van der Waals surface area contributed by atoms with Crippen LogP contribution in [0.4, 0.5) is 0 Å². The largest absolute Gasteiger partial charge is 0.346 e. The minimum atomic E-state index is -0.160. The quantitative estimate of drug-likeness (QED) is 0.884. The molecule has 2 unspecified atom stereocenters. The Labute approximate surface area is 154 Å². The maximum atomic E-state index is 12.9. The number of aromatic nitrogens is 3. The van der Waals surface area contributed by atoms with Crippen LogP contribution < -0.4 is 11.1 Å². The minimum absolute atomic E-state index is 0.160. The number of fused-ring (bicyclic) bond motifs is 2. The molecule has 2 bridgehead atoms. The van der Waals surface area contributed by atoms with Gasteiger partial charge >= 0.3 is 0 Å². The number of aryl methyl sites for hydroxylation is 1. The van der Waals surface area contributed by atoms with Crippen LogP contribution in [0.2, 0.25) is 0 Å². The summed E-state index contributed by atoms with van der Waals surface area (Å²) in [6, 6.07) is 10.3. The molecule has 1 aromatic heterocycles. The number of hydrogen-bond donors (Lipinski definition) is 2. The molecule has 138 valence electrons. The van der Waals surface area contributed by atoms with E-state index in [1.54, 1.807) is 4.68 Å². The Hall–Kier alpha value is -2.21. The minimum Gasteiger partial charge on any atom is -0.346 e. The first-order chi connectivity index (χ1) is 12.7. The van der Waals surface area contributed by atoms with Gasteiger partial charge in [-0.2, -0.15) is 0 Å². The number of rotatable bonds is 4. The van der Waals surface area contributed by atoms with Gasteiger partial charge in [0.15, 0.2) is 0 Å². The Kier molecular flexibility index (Phi) is 4.76. The van der Waals surface area contributed by atoms with Crippen molar-refractivity contribution < 1.29 is 4.79 Å². The highest BCUT2D eigenvalue weighted by Crippen LogP contribution is 2.39. The third-order valence-electron chi connectivity index (χ3n) is 5.87. The summed E-state index contributed by atoms with van der Waals surface area (Å²) < 4.78 is 1.77. The van der Waals surface area contributed by atoms with Gasteiger partial charge in [0, 0.05) is 18.5 Å². The SMILES string of the molecule is CCc1nc(C(=O)NC2C3CCCC2CC(N)C3)nn1-c1ccccc1. The molecule has 2 saturated carbocycles. The predicted molar refractivity (Wildman–Crippen MR) is 100 cm³/mol. The van der Waals surface area contributed by atoms with Gasteiger partial charge in [-0.05, 0) is 49.7 Å². The van der Waals surface area contributed by atoms with Crippen molar-refractivity contribution in [3.05, 3.63) is 42.0 Å². The highest BCUT2D eigenvalue weighted by molar-refractivity contribution is 5.90. The summed E-state index contributed by atoms with van der Waals surface area (Å²) in [7, 11) is 0. The number of nitrogens with one attached hydrogen (secondary N) is 1. The zero-order valence-electron chi connectivity index (χ0n) is 15.3. The molecular formula is C20H27N5O. The van der Waals surface area contributed by atoms with Crippen LogP contribution in [-0.2, 0) is 6.42 Å². The van der Waals surface area contributed by atoms with Gasteiger partial charge in [-0.25, -0.2) is 9.67 Å². The second-order valence-electron chi connectivity index (χ2n) is 7.63. The smallest absolute Gasteiger partial charge is 0.291 e. The van der Waals surface area contributed by atoms with Crippen LogP contribution >= 0.6 is 0 Å². The fourth-order valence-electron chi connectivity index (χ4n) is 4.69. The lowest BCUT2D eigenvalue weighted by atomic mass is 9.67. The van der Waals surface area contributed by atoms with Crippen molar-refractivity contribution >= 4 is 5.91 Å². The van der Waals surface area contributed by atoms with Gasteiger partial charge in [0.05, 0.1) is 5.69 Å². The second-order valence-corrected chi connectivity index (χ2v) is 7.63. The number of benzene rings is 1. The van der Waals surface area contributed by atoms with Gasteiger partial charge < -0.3 is 11.1 Å². The molecule has 3 N–H and O–H groups in total. The van der Waals surface area contributed by atoms with Crippen LogP contribution in [0.25, 0.3) is 5.69 Å².